The molecule has 23 heavy (non-hydrogen) atoms. The van der Waals surface area contributed by atoms with E-state index in [1.807, 2.05) is 45.0 Å². The van der Waals surface area contributed by atoms with Crippen molar-refractivity contribution in [3.05, 3.63) is 35.4 Å². The molecule has 1 atom stereocenters. The van der Waals surface area contributed by atoms with Crippen LogP contribution in [0.25, 0.3) is 0 Å². The van der Waals surface area contributed by atoms with E-state index >= 15 is 0 Å². The number of carbonyl (C=O) groups excluding carboxylic acids is 2. The second kappa shape index (κ2) is 9.27. The highest BCUT2D eigenvalue weighted by atomic mass is 16.2. The number of amides is 2. The van der Waals surface area contributed by atoms with Crippen molar-refractivity contribution in [1.29, 1.82) is 0 Å². The summed E-state index contributed by atoms with van der Waals surface area (Å²) in [5.74, 6) is -0.155. The van der Waals surface area contributed by atoms with Gasteiger partial charge in [0.2, 0.25) is 5.91 Å². The van der Waals surface area contributed by atoms with Gasteiger partial charge in [-0.15, -0.1) is 0 Å². The van der Waals surface area contributed by atoms with Crippen LogP contribution < -0.4 is 16.4 Å². The van der Waals surface area contributed by atoms with Crippen LogP contribution in [0, 0.1) is 5.92 Å². The van der Waals surface area contributed by atoms with Gasteiger partial charge in [0.05, 0.1) is 6.04 Å². The van der Waals surface area contributed by atoms with Crippen LogP contribution in [-0.4, -0.2) is 49.9 Å². The summed E-state index contributed by atoms with van der Waals surface area (Å²) < 4.78 is 0. The van der Waals surface area contributed by atoms with E-state index in [9.17, 15) is 9.59 Å². The van der Waals surface area contributed by atoms with Gasteiger partial charge in [0, 0.05) is 25.2 Å². The molecule has 1 aromatic rings. The number of nitrogens with one attached hydrogen (secondary N) is 2. The van der Waals surface area contributed by atoms with Crippen molar-refractivity contribution in [1.82, 2.24) is 15.5 Å². The molecular weight excluding hydrogens is 292 g/mol. The molecule has 128 valence electrons. The molecule has 0 aliphatic rings. The lowest BCUT2D eigenvalue weighted by Crippen LogP contribution is -2.43. The SMILES string of the molecule is CC(C)[C@H](N)C(=O)NCc1ccc(C(=O)NCCN(C)C)cc1. The molecule has 2 amide bonds. The van der Waals surface area contributed by atoms with Crippen LogP contribution in [-0.2, 0) is 11.3 Å². The van der Waals surface area contributed by atoms with Crippen LogP contribution >= 0.6 is 0 Å². The van der Waals surface area contributed by atoms with E-state index in [0.29, 0.717) is 18.7 Å². The summed E-state index contributed by atoms with van der Waals surface area (Å²) >= 11 is 0. The first-order chi connectivity index (χ1) is 10.8. The first-order valence-corrected chi connectivity index (χ1v) is 7.86. The maximum Gasteiger partial charge on any atom is 0.251 e. The fourth-order valence-corrected chi connectivity index (χ4v) is 1.88. The lowest BCUT2D eigenvalue weighted by Gasteiger charge is -2.15. The van der Waals surface area contributed by atoms with Crippen LogP contribution in [0.3, 0.4) is 0 Å². The Bertz CT molecular complexity index is 512. The monoisotopic (exact) mass is 320 g/mol. The zero-order valence-corrected chi connectivity index (χ0v) is 14.4. The van der Waals surface area contributed by atoms with E-state index in [0.717, 1.165) is 12.1 Å². The number of hydrogen-bond donors (Lipinski definition) is 3. The van der Waals surface area contributed by atoms with Crippen LogP contribution in [0.15, 0.2) is 24.3 Å². The number of hydrogen-bond acceptors (Lipinski definition) is 4. The maximum atomic E-state index is 12.0. The van der Waals surface area contributed by atoms with Gasteiger partial charge >= 0.3 is 0 Å². The van der Waals surface area contributed by atoms with Crippen molar-refractivity contribution >= 4 is 11.8 Å². The van der Waals surface area contributed by atoms with Crippen LogP contribution in [0.5, 0.6) is 0 Å². The summed E-state index contributed by atoms with van der Waals surface area (Å²) in [4.78, 5) is 25.8. The Morgan fingerprint density at radius 2 is 1.74 bits per heavy atom. The summed E-state index contributed by atoms with van der Waals surface area (Å²) in [6.45, 7) is 5.63. The molecule has 0 saturated heterocycles. The molecule has 0 heterocycles. The molecule has 0 aliphatic carbocycles. The van der Waals surface area contributed by atoms with Crippen molar-refractivity contribution in [2.24, 2.45) is 11.7 Å². The Morgan fingerprint density at radius 1 is 1.13 bits per heavy atom. The predicted octanol–water partition coefficient (Wildman–Crippen LogP) is 0.578. The van der Waals surface area contributed by atoms with Gasteiger partial charge in [-0.05, 0) is 37.7 Å². The molecule has 0 radical (unpaired) electrons. The van der Waals surface area contributed by atoms with Crippen LogP contribution in [0.2, 0.25) is 0 Å². The molecule has 1 aromatic carbocycles. The zero-order chi connectivity index (χ0) is 17.4. The van der Waals surface area contributed by atoms with Gasteiger partial charge in [0.15, 0.2) is 0 Å². The van der Waals surface area contributed by atoms with Gasteiger partial charge in [-0.25, -0.2) is 0 Å². The van der Waals surface area contributed by atoms with Gasteiger partial charge in [-0.1, -0.05) is 26.0 Å². The van der Waals surface area contributed by atoms with E-state index in [1.54, 1.807) is 12.1 Å². The summed E-state index contributed by atoms with van der Waals surface area (Å²) in [5.41, 5.74) is 7.33. The van der Waals surface area contributed by atoms with Crippen LogP contribution in [0.4, 0.5) is 0 Å². The molecule has 0 saturated carbocycles. The molecule has 0 spiro atoms. The fourth-order valence-electron chi connectivity index (χ4n) is 1.88. The Morgan fingerprint density at radius 3 is 2.26 bits per heavy atom. The fraction of sp³-hybridized carbons (Fsp3) is 0.529. The third-order valence-electron chi connectivity index (χ3n) is 3.55. The van der Waals surface area contributed by atoms with Gasteiger partial charge in [0.1, 0.15) is 0 Å². The number of nitrogens with two attached hydrogens (primary N) is 1. The molecule has 4 N–H and O–H groups in total. The van der Waals surface area contributed by atoms with Crippen LogP contribution in [0.1, 0.15) is 29.8 Å². The van der Waals surface area contributed by atoms with E-state index in [1.165, 1.54) is 0 Å². The maximum absolute atomic E-state index is 12.0. The van der Waals surface area contributed by atoms with Crippen molar-refractivity contribution in [3.63, 3.8) is 0 Å². The minimum absolute atomic E-state index is 0.0933. The zero-order valence-electron chi connectivity index (χ0n) is 14.4. The minimum atomic E-state index is -0.503. The Labute approximate surface area is 138 Å². The second-order valence-electron chi connectivity index (χ2n) is 6.24. The van der Waals surface area contributed by atoms with E-state index in [-0.39, 0.29) is 17.7 Å². The summed E-state index contributed by atoms with van der Waals surface area (Å²) in [6, 6.07) is 6.69. The first kappa shape index (κ1) is 19.1. The van der Waals surface area contributed by atoms with E-state index in [4.69, 9.17) is 5.73 Å². The van der Waals surface area contributed by atoms with Crippen molar-refractivity contribution < 1.29 is 9.59 Å². The number of carbonyl (C=O) groups is 2. The minimum Gasteiger partial charge on any atom is -0.351 e. The Balaban J connectivity index is 2.47. The lowest BCUT2D eigenvalue weighted by atomic mass is 10.0. The standard InChI is InChI=1S/C17H28N4O2/c1-12(2)15(18)17(23)20-11-13-5-7-14(8-6-13)16(22)19-9-10-21(3)4/h5-8,12,15H,9-11,18H2,1-4H3,(H,19,22)(H,20,23)/t15-/m0/s1. The molecule has 6 heteroatoms. The number of benzene rings is 1. The lowest BCUT2D eigenvalue weighted by molar-refractivity contribution is -0.123. The Kier molecular flexibility index (Phi) is 7.71. The molecule has 0 unspecified atom stereocenters. The van der Waals surface area contributed by atoms with Crippen molar-refractivity contribution in [2.45, 2.75) is 26.4 Å². The molecule has 6 nitrogen and oxygen atoms in total. The first-order valence-electron chi connectivity index (χ1n) is 7.86. The van der Waals surface area contributed by atoms with E-state index < -0.39 is 6.04 Å². The average Bonchev–Trinajstić information content (AvgIpc) is 2.51. The van der Waals surface area contributed by atoms with Gasteiger partial charge in [-0.2, -0.15) is 0 Å². The number of nitrogens with zero attached hydrogens (tertiary/aromatic N) is 1. The van der Waals surface area contributed by atoms with Crippen molar-refractivity contribution in [2.75, 3.05) is 27.2 Å². The van der Waals surface area contributed by atoms with Gasteiger partial charge < -0.3 is 21.3 Å². The third kappa shape index (κ3) is 6.80. The van der Waals surface area contributed by atoms with Gasteiger partial charge in [0.25, 0.3) is 5.91 Å². The molecular formula is C17H28N4O2. The molecule has 0 aromatic heterocycles. The largest absolute Gasteiger partial charge is 0.351 e. The topological polar surface area (TPSA) is 87.5 Å². The second-order valence-corrected chi connectivity index (χ2v) is 6.24. The number of rotatable bonds is 8. The molecule has 0 bridgehead atoms. The molecule has 0 aliphatic heterocycles. The number of likely N-dealkylation sites (N-methyl/N-ethyl adjacent to an activating group) is 1. The highest BCUT2D eigenvalue weighted by molar-refractivity contribution is 5.94. The quantitative estimate of drug-likeness (QED) is 0.654. The highest BCUT2D eigenvalue weighted by Crippen LogP contribution is 2.05. The summed E-state index contributed by atoms with van der Waals surface area (Å²) in [5, 5.41) is 5.67. The average molecular weight is 320 g/mol. The normalized spacial score (nSPS) is 12.3. The third-order valence-corrected chi connectivity index (χ3v) is 3.55. The highest BCUT2D eigenvalue weighted by Gasteiger charge is 2.16. The smallest absolute Gasteiger partial charge is 0.251 e. The van der Waals surface area contributed by atoms with E-state index in [2.05, 4.69) is 10.6 Å². The summed E-state index contributed by atoms with van der Waals surface area (Å²) in [6.07, 6.45) is 0. The summed E-state index contributed by atoms with van der Waals surface area (Å²) in [7, 11) is 3.92. The van der Waals surface area contributed by atoms with Gasteiger partial charge in [-0.3, -0.25) is 9.59 Å². The van der Waals surface area contributed by atoms with Crippen molar-refractivity contribution in [3.8, 4) is 0 Å². The molecule has 0 fully saturated rings. The molecule has 1 rings (SSSR count). The Hall–Kier alpha value is -1.92. The predicted molar refractivity (Wildman–Crippen MR) is 92.0 cm³/mol.